The lowest BCUT2D eigenvalue weighted by atomic mass is 9.97. The Bertz CT molecular complexity index is 222. The number of hydrogen-bond acceptors (Lipinski definition) is 3. The molecule has 0 amide bonds. The zero-order chi connectivity index (χ0) is 10.3. The molecule has 3 rings (SSSR count). The second-order valence-corrected chi connectivity index (χ2v) is 5.57. The van der Waals surface area contributed by atoms with Crippen LogP contribution in [0.2, 0.25) is 0 Å². The van der Waals surface area contributed by atoms with Crippen LogP contribution in [-0.4, -0.2) is 49.8 Å². The van der Waals surface area contributed by atoms with Gasteiger partial charge in [-0.2, -0.15) is 0 Å². The van der Waals surface area contributed by atoms with Gasteiger partial charge in [0, 0.05) is 19.6 Å². The van der Waals surface area contributed by atoms with Gasteiger partial charge in [0.1, 0.15) is 0 Å². The van der Waals surface area contributed by atoms with Gasteiger partial charge in [-0.25, -0.2) is 0 Å². The predicted octanol–water partition coefficient (Wildman–Crippen LogP) is 0.705. The molecule has 3 nitrogen and oxygen atoms in total. The van der Waals surface area contributed by atoms with Gasteiger partial charge in [0.25, 0.3) is 0 Å². The summed E-state index contributed by atoms with van der Waals surface area (Å²) in [5.74, 6) is 1.72. The summed E-state index contributed by atoms with van der Waals surface area (Å²) in [5.41, 5.74) is 0. The number of ether oxygens (including phenoxy) is 1. The summed E-state index contributed by atoms with van der Waals surface area (Å²) >= 11 is 0. The highest BCUT2D eigenvalue weighted by atomic mass is 16.5. The first-order chi connectivity index (χ1) is 7.31. The van der Waals surface area contributed by atoms with Gasteiger partial charge in [0.2, 0.25) is 0 Å². The standard InChI is InChI=1S/C12H22N2O/c1-9-4-13-5-10(9)6-14-7-11-2-3-12(8-14)15-11/h9-13H,2-8H2,1H3/t9-,10+,11?,12?/m1/s1. The van der Waals surface area contributed by atoms with Gasteiger partial charge in [-0.3, -0.25) is 4.90 Å². The van der Waals surface area contributed by atoms with Crippen LogP contribution in [-0.2, 0) is 4.74 Å². The third kappa shape index (κ3) is 2.05. The van der Waals surface area contributed by atoms with Gasteiger partial charge in [0.15, 0.2) is 0 Å². The first kappa shape index (κ1) is 10.1. The second kappa shape index (κ2) is 4.04. The van der Waals surface area contributed by atoms with Crippen LogP contribution in [0, 0.1) is 11.8 Å². The minimum atomic E-state index is 0.549. The van der Waals surface area contributed by atoms with Crippen LogP contribution < -0.4 is 5.32 Å². The Morgan fingerprint density at radius 2 is 1.93 bits per heavy atom. The molecule has 15 heavy (non-hydrogen) atoms. The topological polar surface area (TPSA) is 24.5 Å². The molecule has 3 aliphatic rings. The number of fused-ring (bicyclic) bond motifs is 2. The Morgan fingerprint density at radius 1 is 1.20 bits per heavy atom. The molecule has 0 aromatic rings. The van der Waals surface area contributed by atoms with E-state index < -0.39 is 0 Å². The highest BCUT2D eigenvalue weighted by Crippen LogP contribution is 2.27. The maximum atomic E-state index is 5.86. The van der Waals surface area contributed by atoms with E-state index in [9.17, 15) is 0 Å². The predicted molar refractivity (Wildman–Crippen MR) is 59.9 cm³/mol. The fourth-order valence-corrected chi connectivity index (χ4v) is 3.29. The van der Waals surface area contributed by atoms with Crippen molar-refractivity contribution in [1.29, 1.82) is 0 Å². The molecule has 4 atom stereocenters. The lowest BCUT2D eigenvalue weighted by Gasteiger charge is -2.34. The van der Waals surface area contributed by atoms with Crippen molar-refractivity contribution in [2.45, 2.75) is 32.0 Å². The van der Waals surface area contributed by atoms with Crippen molar-refractivity contribution in [2.75, 3.05) is 32.7 Å². The van der Waals surface area contributed by atoms with Crippen LogP contribution in [0.1, 0.15) is 19.8 Å². The summed E-state index contributed by atoms with van der Waals surface area (Å²) in [4.78, 5) is 2.64. The highest BCUT2D eigenvalue weighted by molar-refractivity contribution is 4.88. The van der Waals surface area contributed by atoms with E-state index in [0.717, 1.165) is 11.8 Å². The van der Waals surface area contributed by atoms with Crippen LogP contribution in [0.4, 0.5) is 0 Å². The normalized spacial score (nSPS) is 46.2. The van der Waals surface area contributed by atoms with Crippen LogP contribution >= 0.6 is 0 Å². The number of rotatable bonds is 2. The van der Waals surface area contributed by atoms with Gasteiger partial charge < -0.3 is 10.1 Å². The molecule has 3 heteroatoms. The van der Waals surface area contributed by atoms with Crippen molar-refractivity contribution >= 4 is 0 Å². The quantitative estimate of drug-likeness (QED) is 0.726. The van der Waals surface area contributed by atoms with Gasteiger partial charge >= 0.3 is 0 Å². The van der Waals surface area contributed by atoms with E-state index in [1.165, 1.54) is 45.6 Å². The molecular formula is C12H22N2O. The molecule has 3 aliphatic heterocycles. The Morgan fingerprint density at radius 3 is 2.53 bits per heavy atom. The molecule has 3 saturated heterocycles. The molecule has 0 spiro atoms. The number of likely N-dealkylation sites (tertiary alicyclic amines) is 1. The van der Waals surface area contributed by atoms with Crippen LogP contribution in [0.3, 0.4) is 0 Å². The molecule has 2 bridgehead atoms. The maximum Gasteiger partial charge on any atom is 0.0707 e. The molecule has 2 unspecified atom stereocenters. The van der Waals surface area contributed by atoms with Gasteiger partial charge in [-0.05, 0) is 37.8 Å². The summed E-state index contributed by atoms with van der Waals surface area (Å²) in [6.45, 7) is 8.44. The maximum absolute atomic E-state index is 5.86. The molecule has 0 aromatic carbocycles. The molecule has 3 fully saturated rings. The van der Waals surface area contributed by atoms with Crippen molar-refractivity contribution in [3.63, 3.8) is 0 Å². The minimum absolute atomic E-state index is 0.549. The average Bonchev–Trinajstić information content (AvgIpc) is 2.75. The van der Waals surface area contributed by atoms with E-state index in [-0.39, 0.29) is 0 Å². The van der Waals surface area contributed by atoms with Crippen molar-refractivity contribution in [3.8, 4) is 0 Å². The number of nitrogens with one attached hydrogen (secondary N) is 1. The van der Waals surface area contributed by atoms with E-state index in [1.54, 1.807) is 0 Å². The zero-order valence-corrected chi connectivity index (χ0v) is 9.61. The average molecular weight is 210 g/mol. The Hall–Kier alpha value is -0.120. The monoisotopic (exact) mass is 210 g/mol. The van der Waals surface area contributed by atoms with Gasteiger partial charge in [-0.15, -0.1) is 0 Å². The summed E-state index contributed by atoms with van der Waals surface area (Å²) in [7, 11) is 0. The third-order valence-electron chi connectivity index (χ3n) is 4.29. The lowest BCUT2D eigenvalue weighted by molar-refractivity contribution is -0.0430. The summed E-state index contributed by atoms with van der Waals surface area (Å²) in [6.07, 6.45) is 3.68. The Labute approximate surface area is 92.2 Å². The molecular weight excluding hydrogens is 188 g/mol. The summed E-state index contributed by atoms with van der Waals surface area (Å²) in [6, 6.07) is 0. The highest BCUT2D eigenvalue weighted by Gasteiger charge is 2.35. The van der Waals surface area contributed by atoms with E-state index in [1.807, 2.05) is 0 Å². The summed E-state index contributed by atoms with van der Waals surface area (Å²) in [5, 5.41) is 3.49. The molecule has 0 radical (unpaired) electrons. The van der Waals surface area contributed by atoms with Crippen LogP contribution in [0.15, 0.2) is 0 Å². The fraction of sp³-hybridized carbons (Fsp3) is 1.00. The van der Waals surface area contributed by atoms with Gasteiger partial charge in [-0.1, -0.05) is 6.92 Å². The van der Waals surface area contributed by atoms with E-state index in [2.05, 4.69) is 17.1 Å². The number of hydrogen-bond donors (Lipinski definition) is 1. The molecule has 86 valence electrons. The summed E-state index contributed by atoms with van der Waals surface area (Å²) < 4.78 is 5.86. The van der Waals surface area contributed by atoms with Crippen molar-refractivity contribution in [2.24, 2.45) is 11.8 Å². The van der Waals surface area contributed by atoms with E-state index in [0.29, 0.717) is 12.2 Å². The van der Waals surface area contributed by atoms with E-state index >= 15 is 0 Å². The number of morpholine rings is 1. The SMILES string of the molecule is C[C@@H]1CNC[C@H]1CN1CC2CCC(C1)O2. The first-order valence-electron chi connectivity index (χ1n) is 6.40. The molecule has 1 N–H and O–H groups in total. The van der Waals surface area contributed by atoms with Crippen LogP contribution in [0.5, 0.6) is 0 Å². The smallest absolute Gasteiger partial charge is 0.0707 e. The van der Waals surface area contributed by atoms with Crippen molar-refractivity contribution in [1.82, 2.24) is 10.2 Å². The second-order valence-electron chi connectivity index (χ2n) is 5.57. The molecule has 0 aliphatic carbocycles. The largest absolute Gasteiger partial charge is 0.372 e. The first-order valence-corrected chi connectivity index (χ1v) is 6.40. The molecule has 0 saturated carbocycles. The fourth-order valence-electron chi connectivity index (χ4n) is 3.29. The number of nitrogens with zero attached hydrogens (tertiary/aromatic N) is 1. The lowest BCUT2D eigenvalue weighted by Crippen LogP contribution is -2.45. The molecule has 0 aromatic heterocycles. The van der Waals surface area contributed by atoms with Crippen LogP contribution in [0.25, 0.3) is 0 Å². The van der Waals surface area contributed by atoms with E-state index in [4.69, 9.17) is 4.74 Å². The third-order valence-corrected chi connectivity index (χ3v) is 4.29. The van der Waals surface area contributed by atoms with Gasteiger partial charge in [0.05, 0.1) is 12.2 Å². The Balaban J connectivity index is 1.55. The minimum Gasteiger partial charge on any atom is -0.372 e. The van der Waals surface area contributed by atoms with Crippen molar-refractivity contribution in [3.05, 3.63) is 0 Å². The zero-order valence-electron chi connectivity index (χ0n) is 9.61. The van der Waals surface area contributed by atoms with Crippen molar-refractivity contribution < 1.29 is 4.74 Å². The molecule has 3 heterocycles. The Kier molecular flexibility index (Phi) is 2.71.